The van der Waals surface area contributed by atoms with E-state index in [0.717, 1.165) is 5.56 Å². The van der Waals surface area contributed by atoms with Crippen LogP contribution in [0.4, 0.5) is 10.1 Å². The molecule has 0 aliphatic rings. The van der Waals surface area contributed by atoms with Crippen molar-refractivity contribution >= 4 is 16.6 Å². The van der Waals surface area contributed by atoms with Gasteiger partial charge in [0.05, 0.1) is 5.52 Å². The number of halogens is 1. The number of nitrogens with one attached hydrogen (secondary N) is 1. The van der Waals surface area contributed by atoms with Crippen LogP contribution in [0.5, 0.6) is 0 Å². The number of hydrogen-bond acceptors (Lipinski definition) is 2. The summed E-state index contributed by atoms with van der Waals surface area (Å²) < 4.78 is 13.4. The van der Waals surface area contributed by atoms with Crippen molar-refractivity contribution in [3.05, 3.63) is 39.9 Å². The van der Waals surface area contributed by atoms with Gasteiger partial charge >= 0.3 is 0 Å². The van der Waals surface area contributed by atoms with Crippen molar-refractivity contribution in [2.75, 3.05) is 5.73 Å². The molecule has 0 aliphatic carbocycles. The van der Waals surface area contributed by atoms with Gasteiger partial charge in [-0.2, -0.15) is 0 Å². The predicted octanol–water partition coefficient (Wildman–Crippen LogP) is 1.56. The number of aryl methyl sites for hydroxylation is 1. The van der Waals surface area contributed by atoms with Crippen molar-refractivity contribution in [1.29, 1.82) is 0 Å². The molecule has 2 rings (SSSR count). The summed E-state index contributed by atoms with van der Waals surface area (Å²) in [4.78, 5) is 13.5. The maximum atomic E-state index is 13.4. The molecule has 3 N–H and O–H groups in total. The van der Waals surface area contributed by atoms with Crippen LogP contribution >= 0.6 is 0 Å². The van der Waals surface area contributed by atoms with Crippen LogP contribution < -0.4 is 11.3 Å². The summed E-state index contributed by atoms with van der Waals surface area (Å²) in [5.74, 6) is -0.499. The Morgan fingerprint density at radius 1 is 1.36 bits per heavy atom. The molecule has 0 radical (unpaired) electrons. The number of benzene rings is 1. The Bertz CT molecular complexity index is 560. The lowest BCUT2D eigenvalue weighted by molar-refractivity contribution is 0.637. The number of nitrogens with two attached hydrogens (primary N) is 1. The van der Waals surface area contributed by atoms with Gasteiger partial charge in [0, 0.05) is 17.1 Å². The summed E-state index contributed by atoms with van der Waals surface area (Å²) in [5, 5.41) is 0.641. The molecule has 14 heavy (non-hydrogen) atoms. The molecule has 0 spiro atoms. The molecule has 0 amide bonds. The molecule has 0 unspecified atom stereocenters. The molecule has 1 aromatic heterocycles. The maximum Gasteiger partial charge on any atom is 0.248 e. The van der Waals surface area contributed by atoms with Gasteiger partial charge in [-0.05, 0) is 24.6 Å². The standard InChI is InChI=1S/C10H9FN2O/c1-5-2-9(14)13-10-7(5)3-6(12)4-8(10)11/h2-4H,12H2,1H3,(H,13,14). The van der Waals surface area contributed by atoms with Gasteiger partial charge in [0.15, 0.2) is 0 Å². The summed E-state index contributed by atoms with van der Waals surface area (Å²) in [6.45, 7) is 1.75. The van der Waals surface area contributed by atoms with Crippen LogP contribution in [0.3, 0.4) is 0 Å². The van der Waals surface area contributed by atoms with Gasteiger partial charge in [-0.3, -0.25) is 4.79 Å². The minimum atomic E-state index is -0.499. The second kappa shape index (κ2) is 2.83. The molecular weight excluding hydrogens is 183 g/mol. The summed E-state index contributed by atoms with van der Waals surface area (Å²) in [6, 6.07) is 4.25. The fourth-order valence-corrected chi connectivity index (χ4v) is 1.50. The third kappa shape index (κ3) is 1.25. The third-order valence-corrected chi connectivity index (χ3v) is 2.13. The zero-order valence-electron chi connectivity index (χ0n) is 7.60. The van der Waals surface area contributed by atoms with Crippen molar-refractivity contribution in [1.82, 2.24) is 4.98 Å². The lowest BCUT2D eigenvalue weighted by atomic mass is 10.1. The molecule has 1 aromatic carbocycles. The van der Waals surface area contributed by atoms with Gasteiger partial charge in [-0.1, -0.05) is 0 Å². The summed E-state index contributed by atoms with van der Waals surface area (Å²) in [5.41, 5.74) is 6.47. The molecule has 72 valence electrons. The largest absolute Gasteiger partial charge is 0.399 e. The minimum absolute atomic E-state index is 0.212. The highest BCUT2D eigenvalue weighted by atomic mass is 19.1. The summed E-state index contributed by atoms with van der Waals surface area (Å²) in [7, 11) is 0. The van der Waals surface area contributed by atoms with Crippen molar-refractivity contribution in [3.63, 3.8) is 0 Å². The Hall–Kier alpha value is -1.84. The van der Waals surface area contributed by atoms with Gasteiger partial charge in [0.1, 0.15) is 5.82 Å². The van der Waals surface area contributed by atoms with Crippen LogP contribution in [0.25, 0.3) is 10.9 Å². The first-order valence-corrected chi connectivity index (χ1v) is 4.16. The molecule has 0 bridgehead atoms. The topological polar surface area (TPSA) is 58.9 Å². The van der Waals surface area contributed by atoms with Gasteiger partial charge in [-0.25, -0.2) is 4.39 Å². The first kappa shape index (κ1) is 8.74. The van der Waals surface area contributed by atoms with E-state index in [-0.39, 0.29) is 11.1 Å². The highest BCUT2D eigenvalue weighted by Crippen LogP contribution is 2.20. The number of aromatic amines is 1. The van der Waals surface area contributed by atoms with E-state index in [4.69, 9.17) is 5.73 Å². The highest BCUT2D eigenvalue weighted by Gasteiger charge is 2.05. The number of rotatable bonds is 0. The fourth-order valence-electron chi connectivity index (χ4n) is 1.50. The van der Waals surface area contributed by atoms with Crippen molar-refractivity contribution in [2.24, 2.45) is 0 Å². The molecule has 0 aliphatic heterocycles. The normalized spacial score (nSPS) is 10.7. The van der Waals surface area contributed by atoms with Crippen molar-refractivity contribution < 1.29 is 4.39 Å². The fraction of sp³-hybridized carbons (Fsp3) is 0.100. The van der Waals surface area contributed by atoms with Crippen LogP contribution in [0, 0.1) is 12.7 Å². The Morgan fingerprint density at radius 2 is 2.07 bits per heavy atom. The van der Waals surface area contributed by atoms with E-state index in [1.165, 1.54) is 12.1 Å². The molecule has 1 heterocycles. The lowest BCUT2D eigenvalue weighted by Crippen LogP contribution is -2.06. The van der Waals surface area contributed by atoms with E-state index >= 15 is 0 Å². The zero-order chi connectivity index (χ0) is 10.3. The Morgan fingerprint density at radius 3 is 2.79 bits per heavy atom. The molecule has 0 saturated carbocycles. The molecule has 3 nitrogen and oxygen atoms in total. The quantitative estimate of drug-likeness (QED) is 0.622. The van der Waals surface area contributed by atoms with Crippen LogP contribution in [0.1, 0.15) is 5.56 Å². The van der Waals surface area contributed by atoms with Crippen LogP contribution in [0.2, 0.25) is 0 Å². The molecule has 2 aromatic rings. The second-order valence-corrected chi connectivity index (χ2v) is 3.24. The van der Waals surface area contributed by atoms with Crippen molar-refractivity contribution in [3.8, 4) is 0 Å². The van der Waals surface area contributed by atoms with E-state index in [9.17, 15) is 9.18 Å². The van der Waals surface area contributed by atoms with Crippen molar-refractivity contribution in [2.45, 2.75) is 6.92 Å². The molecule has 0 fully saturated rings. The molecule has 0 atom stereocenters. The Balaban J connectivity index is 3.01. The molecule has 0 saturated heterocycles. The summed E-state index contributed by atoms with van der Waals surface area (Å²) in [6.07, 6.45) is 0. The number of nitrogen functional groups attached to an aromatic ring is 1. The van der Waals surface area contributed by atoms with Gasteiger partial charge < -0.3 is 10.7 Å². The first-order valence-electron chi connectivity index (χ1n) is 4.16. The Labute approximate surface area is 79.4 Å². The predicted molar refractivity (Wildman–Crippen MR) is 53.7 cm³/mol. The highest BCUT2D eigenvalue weighted by molar-refractivity contribution is 5.85. The number of pyridine rings is 1. The summed E-state index contributed by atoms with van der Waals surface area (Å²) >= 11 is 0. The van der Waals surface area contributed by atoms with E-state index in [0.29, 0.717) is 11.1 Å². The number of fused-ring (bicyclic) bond motifs is 1. The van der Waals surface area contributed by atoms with Gasteiger partial charge in [0.2, 0.25) is 5.56 Å². The van der Waals surface area contributed by atoms with Crippen LogP contribution in [-0.4, -0.2) is 4.98 Å². The second-order valence-electron chi connectivity index (χ2n) is 3.24. The van der Waals surface area contributed by atoms with E-state index in [1.807, 2.05) is 0 Å². The number of hydrogen-bond donors (Lipinski definition) is 2. The van der Waals surface area contributed by atoms with E-state index in [1.54, 1.807) is 13.0 Å². The maximum absolute atomic E-state index is 13.4. The SMILES string of the molecule is Cc1cc(=O)[nH]c2c(F)cc(N)cc12. The first-order chi connectivity index (χ1) is 6.58. The third-order valence-electron chi connectivity index (χ3n) is 2.13. The van der Waals surface area contributed by atoms with Gasteiger partial charge in [-0.15, -0.1) is 0 Å². The number of aromatic nitrogens is 1. The smallest absolute Gasteiger partial charge is 0.248 e. The van der Waals surface area contributed by atoms with E-state index in [2.05, 4.69) is 4.98 Å². The number of anilines is 1. The minimum Gasteiger partial charge on any atom is -0.399 e. The van der Waals surface area contributed by atoms with Crippen LogP contribution in [0.15, 0.2) is 23.0 Å². The average Bonchev–Trinajstić information content (AvgIpc) is 2.07. The zero-order valence-corrected chi connectivity index (χ0v) is 7.60. The van der Waals surface area contributed by atoms with Crippen LogP contribution in [-0.2, 0) is 0 Å². The monoisotopic (exact) mass is 192 g/mol. The average molecular weight is 192 g/mol. The molecular formula is C10H9FN2O. The molecule has 4 heteroatoms. The Kier molecular flexibility index (Phi) is 1.77. The van der Waals surface area contributed by atoms with Gasteiger partial charge in [0.25, 0.3) is 0 Å². The number of H-pyrrole nitrogens is 1. The lowest BCUT2D eigenvalue weighted by Gasteiger charge is -2.03. The van der Waals surface area contributed by atoms with E-state index < -0.39 is 5.82 Å².